The van der Waals surface area contributed by atoms with Crippen molar-refractivity contribution in [3.8, 4) is 11.1 Å². The van der Waals surface area contributed by atoms with E-state index in [0.717, 1.165) is 28.2 Å². The van der Waals surface area contributed by atoms with Gasteiger partial charge in [0.05, 0.1) is 5.97 Å². The van der Waals surface area contributed by atoms with Crippen LogP contribution in [0.3, 0.4) is 0 Å². The van der Waals surface area contributed by atoms with Crippen molar-refractivity contribution in [3.63, 3.8) is 0 Å². The Bertz CT molecular complexity index is 761. The molecule has 152 valence electrons. The Hall–Kier alpha value is -2.13. The Morgan fingerprint density at radius 3 is 2.29 bits per heavy atom. The Kier molecular flexibility index (Phi) is 8.72. The smallest absolute Gasteiger partial charge is 0.0721 e. The number of carboxylic acid groups (broad SMARTS) is 1. The molecule has 0 aliphatic heterocycles. The van der Waals surface area contributed by atoms with E-state index in [4.69, 9.17) is 0 Å². The molecule has 0 unspecified atom stereocenters. The van der Waals surface area contributed by atoms with E-state index in [1.54, 1.807) is 12.1 Å². The summed E-state index contributed by atoms with van der Waals surface area (Å²) in [5.41, 5.74) is 4.00. The van der Waals surface area contributed by atoms with E-state index in [2.05, 4.69) is 19.0 Å². The average molecular weight is 381 g/mol. The molecule has 0 N–H and O–H groups in total. The molecular weight excluding hydrogens is 346 g/mol. The van der Waals surface area contributed by atoms with E-state index in [1.165, 1.54) is 45.1 Å². The van der Waals surface area contributed by atoms with Crippen LogP contribution < -0.4 is 5.11 Å². The zero-order valence-corrected chi connectivity index (χ0v) is 17.8. The monoisotopic (exact) mass is 380 g/mol. The van der Waals surface area contributed by atoms with Crippen LogP contribution in [0.5, 0.6) is 0 Å². The van der Waals surface area contributed by atoms with Crippen molar-refractivity contribution in [2.75, 3.05) is 20.6 Å². The summed E-state index contributed by atoms with van der Waals surface area (Å²) >= 11 is 0. The summed E-state index contributed by atoms with van der Waals surface area (Å²) in [7, 11) is 4.34. The molecule has 28 heavy (non-hydrogen) atoms. The molecule has 1 fully saturated rings. The summed E-state index contributed by atoms with van der Waals surface area (Å²) in [6.07, 6.45) is 8.86. The molecule has 2 aromatic rings. The van der Waals surface area contributed by atoms with Crippen LogP contribution in [0.2, 0.25) is 0 Å². The lowest BCUT2D eigenvalue weighted by atomic mass is 9.87. The number of nitrogens with zero attached hydrogens (tertiary/aromatic N) is 1. The molecule has 0 heterocycles. The molecule has 2 aromatic carbocycles. The Morgan fingerprint density at radius 1 is 1.00 bits per heavy atom. The number of hydrogen-bond acceptors (Lipinski definition) is 3. The van der Waals surface area contributed by atoms with Crippen LogP contribution in [0.4, 0.5) is 0 Å². The van der Waals surface area contributed by atoms with Crippen molar-refractivity contribution < 1.29 is 9.90 Å². The van der Waals surface area contributed by atoms with Crippen LogP contribution in [-0.2, 0) is 0 Å². The van der Waals surface area contributed by atoms with Gasteiger partial charge in [-0.05, 0) is 63.5 Å². The van der Waals surface area contributed by atoms with Crippen molar-refractivity contribution >= 4 is 5.97 Å². The van der Waals surface area contributed by atoms with Crippen LogP contribution >= 0.6 is 0 Å². The van der Waals surface area contributed by atoms with Crippen molar-refractivity contribution in [1.82, 2.24) is 4.90 Å². The SMILES string of the molecule is CN(C)CCC1CCCCC1.Cc1ccc(C(=O)[O-])c(-c2ccccc2C)c1. The van der Waals surface area contributed by atoms with Crippen LogP contribution in [-0.4, -0.2) is 31.5 Å². The summed E-state index contributed by atoms with van der Waals surface area (Å²) in [5, 5.41) is 11.1. The van der Waals surface area contributed by atoms with E-state index < -0.39 is 5.97 Å². The molecule has 0 bridgehead atoms. The minimum Gasteiger partial charge on any atom is -0.545 e. The van der Waals surface area contributed by atoms with E-state index in [0.29, 0.717) is 0 Å². The number of rotatable bonds is 5. The quantitative estimate of drug-likeness (QED) is 0.744. The maximum Gasteiger partial charge on any atom is 0.0721 e. The summed E-state index contributed by atoms with van der Waals surface area (Å²) in [4.78, 5) is 13.4. The molecule has 0 radical (unpaired) electrons. The predicted octanol–water partition coefficient (Wildman–Crippen LogP) is 4.85. The first-order chi connectivity index (χ1) is 13.4. The highest BCUT2D eigenvalue weighted by Crippen LogP contribution is 2.27. The van der Waals surface area contributed by atoms with Gasteiger partial charge in [0.2, 0.25) is 0 Å². The zero-order chi connectivity index (χ0) is 20.5. The van der Waals surface area contributed by atoms with Gasteiger partial charge in [-0.1, -0.05) is 80.1 Å². The molecule has 0 saturated heterocycles. The molecule has 3 heteroatoms. The fraction of sp³-hybridized carbons (Fsp3) is 0.480. The topological polar surface area (TPSA) is 43.4 Å². The summed E-state index contributed by atoms with van der Waals surface area (Å²) in [5.74, 6) is -0.0885. The average Bonchev–Trinajstić information content (AvgIpc) is 2.68. The van der Waals surface area contributed by atoms with Crippen molar-refractivity contribution in [2.45, 2.75) is 52.4 Å². The minimum atomic E-state index is -1.14. The number of aromatic carboxylic acids is 1. The van der Waals surface area contributed by atoms with Gasteiger partial charge in [-0.3, -0.25) is 0 Å². The first-order valence-electron chi connectivity index (χ1n) is 10.4. The van der Waals surface area contributed by atoms with Gasteiger partial charge in [-0.15, -0.1) is 0 Å². The van der Waals surface area contributed by atoms with Gasteiger partial charge < -0.3 is 14.8 Å². The molecule has 1 saturated carbocycles. The van der Waals surface area contributed by atoms with E-state index in [9.17, 15) is 9.90 Å². The van der Waals surface area contributed by atoms with Crippen molar-refractivity contribution in [1.29, 1.82) is 0 Å². The van der Waals surface area contributed by atoms with Gasteiger partial charge >= 0.3 is 0 Å². The van der Waals surface area contributed by atoms with Crippen LogP contribution in [0, 0.1) is 19.8 Å². The highest BCUT2D eigenvalue weighted by molar-refractivity contribution is 5.95. The maximum absolute atomic E-state index is 11.1. The largest absolute Gasteiger partial charge is 0.545 e. The lowest BCUT2D eigenvalue weighted by Gasteiger charge is -2.22. The third kappa shape index (κ3) is 6.79. The fourth-order valence-corrected chi connectivity index (χ4v) is 3.85. The first kappa shape index (κ1) is 22.2. The molecule has 3 nitrogen and oxygen atoms in total. The van der Waals surface area contributed by atoms with E-state index >= 15 is 0 Å². The molecular formula is C25H34NO2-. The maximum atomic E-state index is 11.1. The lowest BCUT2D eigenvalue weighted by Crippen LogP contribution is -2.23. The Balaban J connectivity index is 0.000000221. The van der Waals surface area contributed by atoms with Gasteiger partial charge in [-0.2, -0.15) is 0 Å². The Labute approximate surface area is 170 Å². The van der Waals surface area contributed by atoms with Crippen molar-refractivity contribution in [2.24, 2.45) is 5.92 Å². The summed E-state index contributed by atoms with van der Waals surface area (Å²) in [6, 6.07) is 13.0. The fourth-order valence-electron chi connectivity index (χ4n) is 3.85. The standard InChI is InChI=1S/C15H14O2.C10H21N/c1-10-7-8-13(15(16)17)14(9-10)12-6-4-3-5-11(12)2;1-11(2)9-8-10-6-4-3-5-7-10/h3-9H,1-2H3,(H,16,17);10H,3-9H2,1-2H3/p-1. The predicted molar refractivity (Wildman–Crippen MR) is 115 cm³/mol. The third-order valence-electron chi connectivity index (χ3n) is 5.54. The number of carbonyl (C=O) groups excluding carboxylic acids is 1. The Morgan fingerprint density at radius 2 is 1.68 bits per heavy atom. The van der Waals surface area contributed by atoms with Gasteiger partial charge in [-0.25, -0.2) is 0 Å². The summed E-state index contributed by atoms with van der Waals surface area (Å²) < 4.78 is 0. The van der Waals surface area contributed by atoms with Gasteiger partial charge in [0.1, 0.15) is 0 Å². The second-order valence-electron chi connectivity index (χ2n) is 8.25. The number of aryl methyl sites for hydroxylation is 2. The molecule has 0 atom stereocenters. The molecule has 0 aromatic heterocycles. The first-order valence-corrected chi connectivity index (χ1v) is 10.4. The lowest BCUT2D eigenvalue weighted by molar-refractivity contribution is -0.254. The number of carbonyl (C=O) groups is 1. The molecule has 0 amide bonds. The van der Waals surface area contributed by atoms with E-state index in [1.807, 2.05) is 44.2 Å². The number of carboxylic acids is 1. The minimum absolute atomic E-state index is 0.241. The molecule has 3 rings (SSSR count). The number of hydrogen-bond donors (Lipinski definition) is 0. The van der Waals surface area contributed by atoms with Crippen LogP contribution in [0.25, 0.3) is 11.1 Å². The molecule has 1 aliphatic carbocycles. The van der Waals surface area contributed by atoms with Crippen LogP contribution in [0.15, 0.2) is 42.5 Å². The normalized spacial score (nSPS) is 14.5. The number of benzene rings is 2. The zero-order valence-electron chi connectivity index (χ0n) is 17.8. The highest BCUT2D eigenvalue weighted by atomic mass is 16.4. The second-order valence-corrected chi connectivity index (χ2v) is 8.25. The molecule has 0 spiro atoms. The van der Waals surface area contributed by atoms with Crippen molar-refractivity contribution in [3.05, 3.63) is 59.2 Å². The van der Waals surface area contributed by atoms with Gasteiger partial charge in [0.15, 0.2) is 0 Å². The van der Waals surface area contributed by atoms with Crippen LogP contribution in [0.1, 0.15) is 60.0 Å². The highest BCUT2D eigenvalue weighted by Gasteiger charge is 2.12. The van der Waals surface area contributed by atoms with Gasteiger partial charge in [0, 0.05) is 5.56 Å². The molecule has 1 aliphatic rings. The third-order valence-corrected chi connectivity index (χ3v) is 5.54. The van der Waals surface area contributed by atoms with Gasteiger partial charge in [0.25, 0.3) is 0 Å². The summed E-state index contributed by atoms with van der Waals surface area (Å²) in [6.45, 7) is 5.20. The van der Waals surface area contributed by atoms with E-state index in [-0.39, 0.29) is 5.56 Å². The second kappa shape index (κ2) is 11.0.